The van der Waals surface area contributed by atoms with Crippen molar-refractivity contribution in [1.29, 1.82) is 5.26 Å². The van der Waals surface area contributed by atoms with Crippen LogP contribution >= 0.6 is 0 Å². The van der Waals surface area contributed by atoms with E-state index in [1.165, 1.54) is 26.2 Å². The number of carbonyl (C=O) groups is 3. The van der Waals surface area contributed by atoms with Gasteiger partial charge in [0.15, 0.2) is 6.10 Å². The van der Waals surface area contributed by atoms with Gasteiger partial charge in [0.2, 0.25) is 0 Å². The lowest BCUT2D eigenvalue weighted by atomic mass is 9.83. The van der Waals surface area contributed by atoms with Gasteiger partial charge in [0.1, 0.15) is 5.54 Å². The fourth-order valence-electron chi connectivity index (χ4n) is 3.04. The predicted octanol–water partition coefficient (Wildman–Crippen LogP) is 2.76. The third-order valence-electron chi connectivity index (χ3n) is 4.69. The lowest BCUT2D eigenvalue weighted by molar-refractivity contribution is -0.150. The summed E-state index contributed by atoms with van der Waals surface area (Å²) in [5, 5.41) is 12.2. The van der Waals surface area contributed by atoms with E-state index in [9.17, 15) is 19.6 Å². The number of ether oxygens (including phenoxy) is 2. The largest absolute Gasteiger partial charge is 0.465 e. The predicted molar refractivity (Wildman–Crippen MR) is 102 cm³/mol. The van der Waals surface area contributed by atoms with Gasteiger partial charge in [-0.3, -0.25) is 4.79 Å². The first kappa shape index (κ1) is 21.2. The molecule has 0 saturated heterocycles. The highest BCUT2D eigenvalue weighted by Gasteiger charge is 2.35. The highest BCUT2D eigenvalue weighted by atomic mass is 16.5. The number of esters is 2. The molecule has 1 atom stereocenters. The Morgan fingerprint density at radius 3 is 2.39 bits per heavy atom. The highest BCUT2D eigenvalue weighted by Crippen LogP contribution is 2.27. The van der Waals surface area contributed by atoms with Crippen LogP contribution in [0.5, 0.6) is 0 Å². The van der Waals surface area contributed by atoms with E-state index in [1.807, 2.05) is 0 Å². The Morgan fingerprint density at radius 2 is 1.82 bits per heavy atom. The molecule has 1 amide bonds. The molecular formula is C21H24N2O5. The molecule has 1 aromatic carbocycles. The van der Waals surface area contributed by atoms with Crippen LogP contribution in [0.2, 0.25) is 0 Å². The first-order valence-corrected chi connectivity index (χ1v) is 9.19. The van der Waals surface area contributed by atoms with Gasteiger partial charge in [-0.1, -0.05) is 31.4 Å². The molecule has 1 saturated carbocycles. The minimum atomic E-state index is -1.01. The van der Waals surface area contributed by atoms with E-state index < -0.39 is 29.5 Å². The zero-order valence-electron chi connectivity index (χ0n) is 16.1. The molecule has 0 unspecified atom stereocenters. The number of rotatable bonds is 6. The summed E-state index contributed by atoms with van der Waals surface area (Å²) in [7, 11) is 1.30. The van der Waals surface area contributed by atoms with Gasteiger partial charge in [-0.05, 0) is 43.5 Å². The molecular weight excluding hydrogens is 360 g/mol. The van der Waals surface area contributed by atoms with Crippen LogP contribution in [0.25, 0.3) is 6.08 Å². The lowest BCUT2D eigenvalue weighted by Crippen LogP contribution is -2.52. The monoisotopic (exact) mass is 384 g/mol. The third-order valence-corrected chi connectivity index (χ3v) is 4.69. The number of nitrogens with one attached hydrogen (secondary N) is 1. The maximum atomic E-state index is 12.3. The fourth-order valence-corrected chi connectivity index (χ4v) is 3.04. The summed E-state index contributed by atoms with van der Waals surface area (Å²) >= 11 is 0. The summed E-state index contributed by atoms with van der Waals surface area (Å²) in [5.41, 5.74) is 0.224. The quantitative estimate of drug-likeness (QED) is 0.597. The fraction of sp³-hybridized carbons (Fsp3) is 0.429. The van der Waals surface area contributed by atoms with Crippen molar-refractivity contribution in [1.82, 2.24) is 5.32 Å². The second-order valence-electron chi connectivity index (χ2n) is 6.77. The van der Waals surface area contributed by atoms with Crippen molar-refractivity contribution in [2.24, 2.45) is 0 Å². The van der Waals surface area contributed by atoms with Gasteiger partial charge in [0.05, 0.1) is 18.7 Å². The molecule has 1 aliphatic rings. The highest BCUT2D eigenvalue weighted by molar-refractivity contribution is 5.91. The van der Waals surface area contributed by atoms with Crippen LogP contribution < -0.4 is 5.32 Å². The van der Waals surface area contributed by atoms with E-state index in [-0.39, 0.29) is 0 Å². The first-order chi connectivity index (χ1) is 13.4. The zero-order valence-corrected chi connectivity index (χ0v) is 16.1. The van der Waals surface area contributed by atoms with Crippen molar-refractivity contribution in [3.05, 3.63) is 41.5 Å². The van der Waals surface area contributed by atoms with Crippen LogP contribution in [0, 0.1) is 11.3 Å². The number of carbonyl (C=O) groups excluding carboxylic acids is 3. The Bertz CT molecular complexity index is 786. The maximum Gasteiger partial charge on any atom is 0.337 e. The lowest BCUT2D eigenvalue weighted by Gasteiger charge is -2.32. The standard InChI is InChI=1S/C21H24N2O5/c1-15(19(25)23-21(14-22)12-4-3-5-13-21)28-18(24)11-8-16-6-9-17(10-7-16)20(26)27-2/h6-11,15H,3-5,12-13H2,1-2H3,(H,23,25)/b11-8+/t15-/m1/s1. The van der Waals surface area contributed by atoms with Gasteiger partial charge in [-0.15, -0.1) is 0 Å². The number of hydrogen-bond donors (Lipinski definition) is 1. The van der Waals surface area contributed by atoms with E-state index >= 15 is 0 Å². The van der Waals surface area contributed by atoms with Crippen LogP contribution in [0.3, 0.4) is 0 Å². The molecule has 0 heterocycles. The number of amides is 1. The maximum absolute atomic E-state index is 12.3. The normalized spacial score (nSPS) is 16.6. The van der Waals surface area contributed by atoms with E-state index in [4.69, 9.17) is 4.74 Å². The minimum Gasteiger partial charge on any atom is -0.465 e. The minimum absolute atomic E-state index is 0.404. The summed E-state index contributed by atoms with van der Waals surface area (Å²) < 4.78 is 9.74. The van der Waals surface area contributed by atoms with Crippen molar-refractivity contribution in [3.63, 3.8) is 0 Å². The number of methoxy groups -OCH3 is 1. The van der Waals surface area contributed by atoms with Crippen LogP contribution in [-0.4, -0.2) is 36.6 Å². The van der Waals surface area contributed by atoms with Gasteiger partial charge < -0.3 is 14.8 Å². The summed E-state index contributed by atoms with van der Waals surface area (Å²) in [5.74, 6) is -1.59. The average molecular weight is 384 g/mol. The van der Waals surface area contributed by atoms with Gasteiger partial charge in [-0.2, -0.15) is 5.26 Å². The molecule has 1 aliphatic carbocycles. The van der Waals surface area contributed by atoms with E-state index in [0.29, 0.717) is 24.0 Å². The van der Waals surface area contributed by atoms with Gasteiger partial charge in [0, 0.05) is 6.08 Å². The van der Waals surface area contributed by atoms with Gasteiger partial charge in [0.25, 0.3) is 5.91 Å². The number of benzene rings is 1. The molecule has 0 radical (unpaired) electrons. The van der Waals surface area contributed by atoms with Crippen LogP contribution in [0.1, 0.15) is 54.9 Å². The molecule has 2 rings (SSSR count). The zero-order chi connectivity index (χ0) is 20.6. The topological polar surface area (TPSA) is 105 Å². The Hall–Kier alpha value is -3.14. The van der Waals surface area contributed by atoms with Gasteiger partial charge in [-0.25, -0.2) is 9.59 Å². The molecule has 0 aromatic heterocycles. The number of hydrogen-bond acceptors (Lipinski definition) is 6. The molecule has 1 fully saturated rings. The van der Waals surface area contributed by atoms with Crippen molar-refractivity contribution in [2.45, 2.75) is 50.7 Å². The van der Waals surface area contributed by atoms with Crippen LogP contribution in [0.15, 0.2) is 30.3 Å². The molecule has 1 aromatic rings. The molecule has 148 valence electrons. The number of nitriles is 1. The molecule has 0 spiro atoms. The average Bonchev–Trinajstić information content (AvgIpc) is 2.72. The molecule has 1 N–H and O–H groups in total. The van der Waals surface area contributed by atoms with Crippen LogP contribution in [-0.2, 0) is 19.1 Å². The second kappa shape index (κ2) is 9.70. The van der Waals surface area contributed by atoms with Crippen LogP contribution in [0.4, 0.5) is 0 Å². The summed E-state index contributed by atoms with van der Waals surface area (Å²) in [6.45, 7) is 1.47. The van der Waals surface area contributed by atoms with E-state index in [2.05, 4.69) is 16.1 Å². The molecule has 0 bridgehead atoms. The van der Waals surface area contributed by atoms with Crippen molar-refractivity contribution in [3.8, 4) is 6.07 Å². The molecule has 28 heavy (non-hydrogen) atoms. The summed E-state index contributed by atoms with van der Waals surface area (Å²) in [4.78, 5) is 35.7. The Kier molecular flexibility index (Phi) is 7.33. The Morgan fingerprint density at radius 1 is 1.18 bits per heavy atom. The SMILES string of the molecule is COC(=O)c1ccc(/C=C/C(=O)O[C@H](C)C(=O)NC2(C#N)CCCCC2)cc1. The first-order valence-electron chi connectivity index (χ1n) is 9.19. The van der Waals surface area contributed by atoms with Crippen molar-refractivity contribution in [2.75, 3.05) is 7.11 Å². The second-order valence-corrected chi connectivity index (χ2v) is 6.77. The third kappa shape index (κ3) is 5.68. The summed E-state index contributed by atoms with van der Waals surface area (Å²) in [6.07, 6.45) is 5.76. The smallest absolute Gasteiger partial charge is 0.337 e. The van der Waals surface area contributed by atoms with E-state index in [0.717, 1.165) is 19.3 Å². The number of nitrogens with zero attached hydrogens (tertiary/aromatic N) is 1. The molecule has 7 heteroatoms. The Labute approximate surface area is 164 Å². The molecule has 0 aliphatic heterocycles. The van der Waals surface area contributed by atoms with Crippen molar-refractivity contribution < 1.29 is 23.9 Å². The Balaban J connectivity index is 1.89. The van der Waals surface area contributed by atoms with Gasteiger partial charge >= 0.3 is 11.9 Å². The molecule has 7 nitrogen and oxygen atoms in total. The van der Waals surface area contributed by atoms with Crippen molar-refractivity contribution >= 4 is 23.9 Å². The van der Waals surface area contributed by atoms with E-state index in [1.54, 1.807) is 24.3 Å². The summed E-state index contributed by atoms with van der Waals surface area (Å²) in [6, 6.07) is 8.68.